The van der Waals surface area contributed by atoms with E-state index in [0.29, 0.717) is 12.4 Å². The van der Waals surface area contributed by atoms with Gasteiger partial charge in [0, 0.05) is 12.5 Å². The fraction of sp³-hybridized carbons (Fsp3) is 0.409. The number of hydrogen-bond acceptors (Lipinski definition) is 6. The van der Waals surface area contributed by atoms with Gasteiger partial charge in [0.25, 0.3) is 5.91 Å². The lowest BCUT2D eigenvalue weighted by Crippen LogP contribution is -2.48. The lowest BCUT2D eigenvalue weighted by Gasteiger charge is -2.28. The van der Waals surface area contributed by atoms with E-state index in [1.54, 1.807) is 17.6 Å². The van der Waals surface area contributed by atoms with E-state index in [9.17, 15) is 18.4 Å². The molecule has 1 aliphatic rings. The summed E-state index contributed by atoms with van der Waals surface area (Å²) in [5, 5.41) is 9.33. The molecule has 2 aromatic rings. The molecule has 1 heterocycles. The van der Waals surface area contributed by atoms with E-state index in [1.807, 2.05) is 44.2 Å². The summed E-state index contributed by atoms with van der Waals surface area (Å²) < 4.78 is 38.9. The lowest BCUT2D eigenvalue weighted by molar-refractivity contribution is -0.134. The zero-order valence-electron chi connectivity index (χ0n) is 17.8. The van der Waals surface area contributed by atoms with Crippen LogP contribution in [-0.4, -0.2) is 50.1 Å². The summed E-state index contributed by atoms with van der Waals surface area (Å²) >= 11 is 0. The molecule has 9 heteroatoms. The number of hydrogen-bond donors (Lipinski definition) is 2. The maximum Gasteiger partial charge on any atom is 0.262 e. The molecule has 3 rings (SSSR count). The van der Waals surface area contributed by atoms with Gasteiger partial charge in [-0.1, -0.05) is 44.2 Å². The molecule has 0 aliphatic carbocycles. The standard InChI is InChI=1S/C22H28N2O6S/c1-22(2)15-24(31(27,28)18-11-9-17(29-3)10-12-18)20(21(25)23-26)19(22)14-30-13-16-7-5-4-6-8-16/h4-12,19-20,26H,13-15H2,1-3H3,(H,23,25)/t19-,20+/m0/s1. The fourth-order valence-electron chi connectivity index (χ4n) is 3.94. The monoisotopic (exact) mass is 448 g/mol. The molecule has 8 nitrogen and oxygen atoms in total. The molecule has 0 bridgehead atoms. The third-order valence-electron chi connectivity index (χ3n) is 5.71. The van der Waals surface area contributed by atoms with Gasteiger partial charge in [0.1, 0.15) is 11.8 Å². The van der Waals surface area contributed by atoms with Crippen LogP contribution in [0.4, 0.5) is 0 Å². The minimum absolute atomic E-state index is 0.0469. The van der Waals surface area contributed by atoms with Gasteiger partial charge >= 0.3 is 0 Å². The average molecular weight is 449 g/mol. The highest BCUT2D eigenvalue weighted by atomic mass is 32.2. The molecule has 0 saturated carbocycles. The van der Waals surface area contributed by atoms with Crippen molar-refractivity contribution < 1.29 is 27.9 Å². The van der Waals surface area contributed by atoms with E-state index in [4.69, 9.17) is 9.47 Å². The third-order valence-corrected chi connectivity index (χ3v) is 7.55. The van der Waals surface area contributed by atoms with E-state index in [1.165, 1.54) is 19.2 Å². The molecule has 0 spiro atoms. The van der Waals surface area contributed by atoms with E-state index >= 15 is 0 Å². The summed E-state index contributed by atoms with van der Waals surface area (Å²) in [7, 11) is -2.50. The van der Waals surface area contributed by atoms with Crippen molar-refractivity contribution in [3.05, 3.63) is 60.2 Å². The van der Waals surface area contributed by atoms with Crippen LogP contribution < -0.4 is 10.2 Å². The zero-order valence-corrected chi connectivity index (χ0v) is 18.6. The van der Waals surface area contributed by atoms with Crippen molar-refractivity contribution in [3.8, 4) is 5.75 Å². The highest BCUT2D eigenvalue weighted by Crippen LogP contribution is 2.43. The molecule has 168 valence electrons. The fourth-order valence-corrected chi connectivity index (χ4v) is 5.73. The Bertz CT molecular complexity index is 992. The van der Waals surface area contributed by atoms with Crippen LogP contribution in [0.1, 0.15) is 19.4 Å². The number of rotatable bonds is 8. The van der Waals surface area contributed by atoms with Crippen LogP contribution >= 0.6 is 0 Å². The Morgan fingerprint density at radius 2 is 1.81 bits per heavy atom. The van der Waals surface area contributed by atoms with Crippen LogP contribution in [0, 0.1) is 11.3 Å². The van der Waals surface area contributed by atoms with Crippen molar-refractivity contribution >= 4 is 15.9 Å². The molecule has 1 aliphatic heterocycles. The average Bonchev–Trinajstić information content (AvgIpc) is 3.05. The number of nitrogens with one attached hydrogen (secondary N) is 1. The van der Waals surface area contributed by atoms with Gasteiger partial charge in [-0.2, -0.15) is 4.31 Å². The van der Waals surface area contributed by atoms with Crippen LogP contribution in [0.15, 0.2) is 59.5 Å². The smallest absolute Gasteiger partial charge is 0.262 e. The Morgan fingerprint density at radius 3 is 2.39 bits per heavy atom. The first-order valence-electron chi connectivity index (χ1n) is 9.92. The second kappa shape index (κ2) is 9.35. The van der Waals surface area contributed by atoms with Crippen molar-refractivity contribution in [1.82, 2.24) is 9.79 Å². The summed E-state index contributed by atoms with van der Waals surface area (Å²) in [5.74, 6) is -0.718. The van der Waals surface area contributed by atoms with Crippen molar-refractivity contribution in [1.29, 1.82) is 0 Å². The van der Waals surface area contributed by atoms with Crippen molar-refractivity contribution in [3.63, 3.8) is 0 Å². The van der Waals surface area contributed by atoms with Crippen LogP contribution in [0.3, 0.4) is 0 Å². The van der Waals surface area contributed by atoms with E-state index < -0.39 is 33.3 Å². The van der Waals surface area contributed by atoms with Crippen LogP contribution in [0.2, 0.25) is 0 Å². The van der Waals surface area contributed by atoms with Gasteiger partial charge in [0.15, 0.2) is 0 Å². The minimum Gasteiger partial charge on any atom is -0.497 e. The molecule has 0 unspecified atom stereocenters. The SMILES string of the molecule is COc1ccc(S(=O)(=O)N2CC(C)(C)[C@@H](COCc3ccccc3)[C@@H]2C(=O)NO)cc1. The zero-order chi connectivity index (χ0) is 22.6. The van der Waals surface area contributed by atoms with Gasteiger partial charge in [-0.05, 0) is 35.2 Å². The van der Waals surface area contributed by atoms with Gasteiger partial charge in [0.2, 0.25) is 10.0 Å². The molecular formula is C22H28N2O6S. The van der Waals surface area contributed by atoms with E-state index in [-0.39, 0.29) is 18.0 Å². The van der Waals surface area contributed by atoms with Gasteiger partial charge in [-0.15, -0.1) is 0 Å². The summed E-state index contributed by atoms with van der Waals surface area (Å²) in [6.07, 6.45) is 0. The molecule has 2 atom stereocenters. The Hall–Kier alpha value is -2.46. The van der Waals surface area contributed by atoms with Crippen molar-refractivity contribution in [2.45, 2.75) is 31.4 Å². The Morgan fingerprint density at radius 1 is 1.16 bits per heavy atom. The first-order valence-corrected chi connectivity index (χ1v) is 11.4. The highest BCUT2D eigenvalue weighted by Gasteiger charge is 2.54. The van der Waals surface area contributed by atoms with E-state index in [0.717, 1.165) is 9.87 Å². The number of hydroxylamine groups is 1. The molecule has 1 saturated heterocycles. The molecule has 31 heavy (non-hydrogen) atoms. The molecule has 1 amide bonds. The summed E-state index contributed by atoms with van der Waals surface area (Å²) in [6, 6.07) is 14.5. The van der Waals surface area contributed by atoms with Crippen LogP contribution in [0.5, 0.6) is 5.75 Å². The van der Waals surface area contributed by atoms with Gasteiger partial charge in [-0.3, -0.25) is 10.0 Å². The van der Waals surface area contributed by atoms with E-state index in [2.05, 4.69) is 0 Å². The predicted molar refractivity (Wildman–Crippen MR) is 114 cm³/mol. The minimum atomic E-state index is -4.00. The number of carbonyl (C=O) groups is 1. The largest absolute Gasteiger partial charge is 0.497 e. The maximum absolute atomic E-state index is 13.4. The number of nitrogens with zero attached hydrogens (tertiary/aromatic N) is 1. The lowest BCUT2D eigenvalue weighted by atomic mass is 9.79. The first kappa shape index (κ1) is 23.2. The topological polar surface area (TPSA) is 105 Å². The number of ether oxygens (including phenoxy) is 2. The molecule has 0 aromatic heterocycles. The predicted octanol–water partition coefficient (Wildman–Crippen LogP) is 2.43. The van der Waals surface area contributed by atoms with Crippen molar-refractivity contribution in [2.75, 3.05) is 20.3 Å². The second-order valence-corrected chi connectivity index (χ2v) is 10.1. The van der Waals surface area contributed by atoms with Gasteiger partial charge < -0.3 is 9.47 Å². The summed E-state index contributed by atoms with van der Waals surface area (Å²) in [5.41, 5.74) is 2.05. The number of amides is 1. The summed E-state index contributed by atoms with van der Waals surface area (Å²) in [4.78, 5) is 12.6. The number of sulfonamides is 1. The number of benzene rings is 2. The first-order chi connectivity index (χ1) is 14.7. The van der Waals surface area contributed by atoms with Crippen LogP contribution in [-0.2, 0) is 26.2 Å². The molecule has 1 fully saturated rings. The highest BCUT2D eigenvalue weighted by molar-refractivity contribution is 7.89. The Balaban J connectivity index is 1.86. The second-order valence-electron chi connectivity index (χ2n) is 8.24. The third kappa shape index (κ3) is 4.90. The molecule has 2 N–H and O–H groups in total. The number of methoxy groups -OCH3 is 1. The van der Waals surface area contributed by atoms with Gasteiger partial charge in [0.05, 0.1) is 25.2 Å². The maximum atomic E-state index is 13.4. The normalized spacial score (nSPS) is 21.0. The van der Waals surface area contributed by atoms with Crippen LogP contribution in [0.25, 0.3) is 0 Å². The van der Waals surface area contributed by atoms with Crippen molar-refractivity contribution in [2.24, 2.45) is 11.3 Å². The Kier molecular flexibility index (Phi) is 7.00. The summed E-state index contributed by atoms with van der Waals surface area (Å²) in [6.45, 7) is 4.40. The quantitative estimate of drug-likeness (QED) is 0.475. The number of carbonyl (C=O) groups excluding carboxylic acids is 1. The Labute approximate surface area is 182 Å². The molecular weight excluding hydrogens is 420 g/mol. The van der Waals surface area contributed by atoms with Gasteiger partial charge in [-0.25, -0.2) is 13.9 Å². The molecule has 0 radical (unpaired) electrons. The molecule has 2 aromatic carbocycles.